The van der Waals surface area contributed by atoms with Gasteiger partial charge in [-0.05, 0) is 18.6 Å². The Bertz CT molecular complexity index is 556. The van der Waals surface area contributed by atoms with Crippen molar-refractivity contribution in [3.8, 4) is 11.6 Å². The monoisotopic (exact) mass is 274 g/mol. The number of aliphatic hydroxyl groups is 1. The van der Waals surface area contributed by atoms with Crippen LogP contribution in [-0.4, -0.2) is 28.4 Å². The number of aryl methyl sites for hydroxylation is 1. The number of benzene rings is 1. The highest BCUT2D eigenvalue weighted by atomic mass is 16.5. The third-order valence-corrected chi connectivity index (χ3v) is 2.88. The summed E-state index contributed by atoms with van der Waals surface area (Å²) in [5.41, 5.74) is 2.53. The number of aromatic nitrogens is 1. The maximum Gasteiger partial charge on any atom is 0.213 e. The lowest BCUT2D eigenvalue weighted by atomic mass is 10.1. The Morgan fingerprint density at radius 2 is 2.10 bits per heavy atom. The molecule has 0 radical (unpaired) electrons. The molecule has 0 fully saturated rings. The number of ether oxygens (including phenoxy) is 1. The van der Waals surface area contributed by atoms with E-state index in [1.165, 1.54) is 0 Å². The maximum absolute atomic E-state index is 9.92. The molecule has 1 aromatic heterocycles. The van der Waals surface area contributed by atoms with Gasteiger partial charge in [0.2, 0.25) is 5.88 Å². The van der Waals surface area contributed by atoms with Crippen LogP contribution in [0.4, 0.5) is 5.69 Å². The zero-order valence-corrected chi connectivity index (χ0v) is 11.3. The van der Waals surface area contributed by atoms with Crippen molar-refractivity contribution in [2.75, 3.05) is 18.5 Å². The van der Waals surface area contributed by atoms with Gasteiger partial charge in [-0.15, -0.1) is 0 Å². The summed E-state index contributed by atoms with van der Waals surface area (Å²) < 4.78 is 5.18. The Morgan fingerprint density at radius 1 is 1.25 bits per heavy atom. The average Bonchev–Trinajstić information content (AvgIpc) is 2.48. The molecule has 2 aromatic rings. The number of aromatic hydroxyl groups is 1. The van der Waals surface area contributed by atoms with Crippen LogP contribution < -0.4 is 10.1 Å². The van der Waals surface area contributed by atoms with E-state index in [9.17, 15) is 5.11 Å². The summed E-state index contributed by atoms with van der Waals surface area (Å²) in [7, 11) is 0. The van der Waals surface area contributed by atoms with Gasteiger partial charge in [-0.25, -0.2) is 4.98 Å². The summed E-state index contributed by atoms with van der Waals surface area (Å²) in [4.78, 5) is 4.11. The van der Waals surface area contributed by atoms with Crippen molar-refractivity contribution in [1.29, 1.82) is 0 Å². The van der Waals surface area contributed by atoms with Gasteiger partial charge in [0.25, 0.3) is 0 Å². The SMILES string of the molecule is Cc1cccc(CNc2ccc(OCCO)nc2)c1O. The minimum absolute atomic E-state index is 0.0334. The van der Waals surface area contributed by atoms with Crippen molar-refractivity contribution in [3.05, 3.63) is 47.7 Å². The maximum atomic E-state index is 9.92. The van der Waals surface area contributed by atoms with Crippen LogP contribution in [0.5, 0.6) is 11.6 Å². The van der Waals surface area contributed by atoms with Gasteiger partial charge in [0.05, 0.1) is 18.5 Å². The molecule has 5 heteroatoms. The van der Waals surface area contributed by atoms with E-state index in [0.717, 1.165) is 16.8 Å². The van der Waals surface area contributed by atoms with Gasteiger partial charge in [0.15, 0.2) is 0 Å². The lowest BCUT2D eigenvalue weighted by Gasteiger charge is -2.10. The normalized spacial score (nSPS) is 10.3. The molecule has 0 saturated carbocycles. The lowest BCUT2D eigenvalue weighted by molar-refractivity contribution is 0.196. The molecule has 5 nitrogen and oxygen atoms in total. The molecular weight excluding hydrogens is 256 g/mol. The fourth-order valence-electron chi connectivity index (χ4n) is 1.78. The molecule has 0 atom stereocenters. The fourth-order valence-corrected chi connectivity index (χ4v) is 1.78. The Morgan fingerprint density at radius 3 is 2.80 bits per heavy atom. The summed E-state index contributed by atoms with van der Waals surface area (Å²) in [5.74, 6) is 0.791. The lowest BCUT2D eigenvalue weighted by Crippen LogP contribution is -2.04. The Balaban J connectivity index is 1.95. The average molecular weight is 274 g/mol. The second kappa shape index (κ2) is 6.77. The van der Waals surface area contributed by atoms with Gasteiger partial charge in [0.1, 0.15) is 12.4 Å². The number of phenols is 1. The van der Waals surface area contributed by atoms with Crippen molar-refractivity contribution in [1.82, 2.24) is 4.98 Å². The van der Waals surface area contributed by atoms with Crippen LogP contribution in [0.3, 0.4) is 0 Å². The molecule has 0 bridgehead atoms. The van der Waals surface area contributed by atoms with Crippen LogP contribution in [0.25, 0.3) is 0 Å². The molecule has 0 aliphatic rings. The molecule has 106 valence electrons. The summed E-state index contributed by atoms with van der Waals surface area (Å²) in [6, 6.07) is 9.23. The number of hydrogen-bond acceptors (Lipinski definition) is 5. The topological polar surface area (TPSA) is 74.6 Å². The van der Waals surface area contributed by atoms with Gasteiger partial charge < -0.3 is 20.3 Å². The zero-order valence-electron chi connectivity index (χ0n) is 11.3. The second-order valence-corrected chi connectivity index (χ2v) is 4.39. The van der Waals surface area contributed by atoms with E-state index in [0.29, 0.717) is 18.2 Å². The molecule has 0 spiro atoms. The first-order chi connectivity index (χ1) is 9.70. The Hall–Kier alpha value is -2.27. The molecule has 0 amide bonds. The van der Waals surface area contributed by atoms with Crippen molar-refractivity contribution < 1.29 is 14.9 Å². The number of phenolic OH excluding ortho intramolecular Hbond substituents is 1. The highest BCUT2D eigenvalue weighted by molar-refractivity contribution is 5.46. The largest absolute Gasteiger partial charge is 0.507 e. The predicted molar refractivity (Wildman–Crippen MR) is 77.0 cm³/mol. The van der Waals surface area contributed by atoms with E-state index in [2.05, 4.69) is 10.3 Å². The van der Waals surface area contributed by atoms with Crippen molar-refractivity contribution in [3.63, 3.8) is 0 Å². The Labute approximate surface area is 117 Å². The van der Waals surface area contributed by atoms with Crippen molar-refractivity contribution >= 4 is 5.69 Å². The number of pyridine rings is 1. The molecule has 0 saturated heterocycles. The number of hydrogen-bond donors (Lipinski definition) is 3. The van der Waals surface area contributed by atoms with Gasteiger partial charge in [-0.2, -0.15) is 0 Å². The number of rotatable bonds is 6. The highest BCUT2D eigenvalue weighted by Gasteiger charge is 2.03. The van der Waals surface area contributed by atoms with E-state index in [1.807, 2.05) is 31.2 Å². The van der Waals surface area contributed by atoms with E-state index in [-0.39, 0.29) is 13.2 Å². The summed E-state index contributed by atoms with van der Waals surface area (Å²) in [6.07, 6.45) is 1.65. The van der Waals surface area contributed by atoms with Crippen LogP contribution in [0.15, 0.2) is 36.5 Å². The molecule has 3 N–H and O–H groups in total. The van der Waals surface area contributed by atoms with Gasteiger partial charge in [-0.1, -0.05) is 18.2 Å². The van der Waals surface area contributed by atoms with Crippen LogP contribution in [0, 0.1) is 6.92 Å². The molecule has 0 aliphatic carbocycles. The van der Waals surface area contributed by atoms with E-state index < -0.39 is 0 Å². The first kappa shape index (κ1) is 14.1. The molecular formula is C15H18N2O3. The predicted octanol–water partition coefficient (Wildman–Crippen LogP) is 2.08. The molecule has 0 aliphatic heterocycles. The first-order valence-corrected chi connectivity index (χ1v) is 6.41. The number of anilines is 1. The number of nitrogens with one attached hydrogen (secondary N) is 1. The van der Waals surface area contributed by atoms with Crippen LogP contribution in [0.2, 0.25) is 0 Å². The van der Waals surface area contributed by atoms with Crippen LogP contribution in [-0.2, 0) is 6.54 Å². The minimum atomic E-state index is -0.0334. The third kappa shape index (κ3) is 3.61. The first-order valence-electron chi connectivity index (χ1n) is 6.41. The Kier molecular flexibility index (Phi) is 4.79. The fraction of sp³-hybridized carbons (Fsp3) is 0.267. The minimum Gasteiger partial charge on any atom is -0.507 e. The summed E-state index contributed by atoms with van der Waals surface area (Å²) in [6.45, 7) is 2.59. The van der Waals surface area contributed by atoms with Crippen molar-refractivity contribution in [2.24, 2.45) is 0 Å². The molecule has 1 heterocycles. The van der Waals surface area contributed by atoms with E-state index >= 15 is 0 Å². The van der Waals surface area contributed by atoms with Gasteiger partial charge in [0, 0.05) is 18.2 Å². The number of nitrogens with zero attached hydrogens (tertiary/aromatic N) is 1. The van der Waals surface area contributed by atoms with Gasteiger partial charge >= 0.3 is 0 Å². The third-order valence-electron chi connectivity index (χ3n) is 2.88. The number of para-hydroxylation sites is 1. The van der Waals surface area contributed by atoms with Gasteiger partial charge in [-0.3, -0.25) is 0 Å². The summed E-state index contributed by atoms with van der Waals surface area (Å²) >= 11 is 0. The zero-order chi connectivity index (χ0) is 14.4. The quantitative estimate of drug-likeness (QED) is 0.752. The molecule has 20 heavy (non-hydrogen) atoms. The number of aliphatic hydroxyl groups excluding tert-OH is 1. The molecule has 2 rings (SSSR count). The van der Waals surface area contributed by atoms with Crippen LogP contribution >= 0.6 is 0 Å². The van der Waals surface area contributed by atoms with E-state index in [1.54, 1.807) is 12.3 Å². The standard InChI is InChI=1S/C15H18N2O3/c1-11-3-2-4-12(15(11)19)9-16-13-5-6-14(17-10-13)20-8-7-18/h2-6,10,16,18-19H,7-9H2,1H3. The van der Waals surface area contributed by atoms with Crippen molar-refractivity contribution in [2.45, 2.75) is 13.5 Å². The second-order valence-electron chi connectivity index (χ2n) is 4.39. The smallest absolute Gasteiger partial charge is 0.213 e. The van der Waals surface area contributed by atoms with E-state index in [4.69, 9.17) is 9.84 Å². The summed E-state index contributed by atoms with van der Waals surface area (Å²) in [5, 5.41) is 21.8. The molecule has 0 unspecified atom stereocenters. The highest BCUT2D eigenvalue weighted by Crippen LogP contribution is 2.22. The van der Waals surface area contributed by atoms with Crippen LogP contribution in [0.1, 0.15) is 11.1 Å². The molecule has 1 aromatic carbocycles.